The third-order valence-corrected chi connectivity index (χ3v) is 3.64. The minimum Gasteiger partial charge on any atom is -0.456 e. The van der Waals surface area contributed by atoms with E-state index in [0.717, 1.165) is 16.7 Å². The number of furan rings is 1. The molecule has 0 unspecified atom stereocenters. The van der Waals surface area contributed by atoms with Crippen LogP contribution in [0.5, 0.6) is 0 Å². The summed E-state index contributed by atoms with van der Waals surface area (Å²) in [7, 11) is 0. The van der Waals surface area contributed by atoms with Gasteiger partial charge in [0.1, 0.15) is 5.76 Å². The highest BCUT2D eigenvalue weighted by Crippen LogP contribution is 2.32. The van der Waals surface area contributed by atoms with Crippen molar-refractivity contribution in [2.45, 2.75) is 13.3 Å². The molecule has 1 aromatic heterocycles. The van der Waals surface area contributed by atoms with Crippen molar-refractivity contribution in [2.75, 3.05) is 11.1 Å². The summed E-state index contributed by atoms with van der Waals surface area (Å²) in [4.78, 5) is 12.0. The third-order valence-electron chi connectivity index (χ3n) is 2.56. The molecule has 0 aliphatic carbocycles. The monoisotopic (exact) mass is 386 g/mol. The fourth-order valence-corrected chi connectivity index (χ4v) is 2.95. The summed E-state index contributed by atoms with van der Waals surface area (Å²) in [5, 5.41) is 2.73. The molecule has 1 heterocycles. The minimum atomic E-state index is -0.325. The predicted molar refractivity (Wildman–Crippen MR) is 82.3 cm³/mol. The van der Waals surface area contributed by atoms with Gasteiger partial charge in [-0.3, -0.25) is 4.79 Å². The second kappa shape index (κ2) is 5.79. The number of anilines is 2. The van der Waals surface area contributed by atoms with E-state index in [-0.39, 0.29) is 11.7 Å². The first-order chi connectivity index (χ1) is 9.01. The molecular weight excluding hydrogens is 376 g/mol. The van der Waals surface area contributed by atoms with Crippen LogP contribution < -0.4 is 11.1 Å². The van der Waals surface area contributed by atoms with E-state index in [0.29, 0.717) is 15.8 Å². The molecule has 2 aromatic rings. The zero-order chi connectivity index (χ0) is 14.0. The van der Waals surface area contributed by atoms with Gasteiger partial charge in [0.15, 0.2) is 5.76 Å². The second-order valence-electron chi connectivity index (χ2n) is 3.93. The summed E-state index contributed by atoms with van der Waals surface area (Å²) in [5.74, 6) is 0.716. The Bertz CT molecular complexity index is 600. The summed E-state index contributed by atoms with van der Waals surface area (Å²) in [6.07, 6.45) is 0.747. The smallest absolute Gasteiger partial charge is 0.291 e. The molecule has 0 bridgehead atoms. The number of nitrogen functional groups attached to an aromatic ring is 1. The molecule has 19 heavy (non-hydrogen) atoms. The SMILES string of the molecule is CCc1ccc(C(=O)Nc2c(N)cc(Br)cc2Br)o1. The molecule has 0 radical (unpaired) electrons. The number of nitrogens with one attached hydrogen (secondary N) is 1. The number of nitrogens with two attached hydrogens (primary N) is 1. The van der Waals surface area contributed by atoms with Crippen LogP contribution in [0.3, 0.4) is 0 Å². The highest BCUT2D eigenvalue weighted by molar-refractivity contribution is 9.11. The maximum atomic E-state index is 12.0. The summed E-state index contributed by atoms with van der Waals surface area (Å²) >= 11 is 6.69. The Morgan fingerprint density at radius 3 is 2.68 bits per heavy atom. The van der Waals surface area contributed by atoms with E-state index in [2.05, 4.69) is 37.2 Å². The average molecular weight is 388 g/mol. The van der Waals surface area contributed by atoms with Crippen LogP contribution in [0, 0.1) is 0 Å². The first kappa shape index (κ1) is 14.1. The largest absolute Gasteiger partial charge is 0.456 e. The van der Waals surface area contributed by atoms with Crippen molar-refractivity contribution < 1.29 is 9.21 Å². The van der Waals surface area contributed by atoms with E-state index < -0.39 is 0 Å². The van der Waals surface area contributed by atoms with E-state index in [1.165, 1.54) is 0 Å². The number of halogens is 2. The highest BCUT2D eigenvalue weighted by Gasteiger charge is 2.14. The summed E-state index contributed by atoms with van der Waals surface area (Å²) in [5.41, 5.74) is 6.87. The molecule has 0 aliphatic rings. The molecule has 6 heteroatoms. The number of amides is 1. The fourth-order valence-electron chi connectivity index (χ4n) is 1.59. The zero-order valence-corrected chi connectivity index (χ0v) is 13.3. The standard InChI is InChI=1S/C13H12Br2N2O2/c1-2-8-3-4-11(19-8)13(18)17-12-9(15)5-7(14)6-10(12)16/h3-6H,2,16H2,1H3,(H,17,18). The molecule has 0 fully saturated rings. The van der Waals surface area contributed by atoms with Crippen LogP contribution in [0.15, 0.2) is 37.6 Å². The molecule has 1 aromatic carbocycles. The van der Waals surface area contributed by atoms with Gasteiger partial charge in [0.05, 0.1) is 11.4 Å². The molecule has 100 valence electrons. The molecule has 0 saturated carbocycles. The molecule has 0 saturated heterocycles. The van der Waals surface area contributed by atoms with Gasteiger partial charge in [-0.05, 0) is 40.2 Å². The second-order valence-corrected chi connectivity index (χ2v) is 5.70. The highest BCUT2D eigenvalue weighted by atomic mass is 79.9. The van der Waals surface area contributed by atoms with Crippen molar-refractivity contribution in [1.82, 2.24) is 0 Å². The van der Waals surface area contributed by atoms with E-state index in [9.17, 15) is 4.79 Å². The Labute approximate surface area is 127 Å². The van der Waals surface area contributed by atoms with Crippen LogP contribution >= 0.6 is 31.9 Å². The number of hydrogen-bond acceptors (Lipinski definition) is 3. The van der Waals surface area contributed by atoms with E-state index in [1.807, 2.05) is 13.0 Å². The first-order valence-corrected chi connectivity index (χ1v) is 7.24. The van der Waals surface area contributed by atoms with E-state index in [4.69, 9.17) is 10.2 Å². The van der Waals surface area contributed by atoms with Crippen LogP contribution in [0.1, 0.15) is 23.2 Å². The zero-order valence-electron chi connectivity index (χ0n) is 10.2. The van der Waals surface area contributed by atoms with Gasteiger partial charge in [-0.15, -0.1) is 0 Å². The van der Waals surface area contributed by atoms with Crippen molar-refractivity contribution in [3.8, 4) is 0 Å². The van der Waals surface area contributed by atoms with Gasteiger partial charge < -0.3 is 15.5 Å². The number of carbonyl (C=O) groups is 1. The van der Waals surface area contributed by atoms with Crippen molar-refractivity contribution in [3.05, 3.63) is 44.7 Å². The molecule has 0 atom stereocenters. The van der Waals surface area contributed by atoms with E-state index in [1.54, 1.807) is 18.2 Å². The molecule has 1 amide bonds. The van der Waals surface area contributed by atoms with Crippen LogP contribution in [0.4, 0.5) is 11.4 Å². The maximum Gasteiger partial charge on any atom is 0.291 e. The lowest BCUT2D eigenvalue weighted by Crippen LogP contribution is -2.13. The van der Waals surface area contributed by atoms with Crippen LogP contribution in [-0.2, 0) is 6.42 Å². The van der Waals surface area contributed by atoms with Crippen molar-refractivity contribution in [2.24, 2.45) is 0 Å². The topological polar surface area (TPSA) is 68.3 Å². The van der Waals surface area contributed by atoms with Crippen LogP contribution in [0.2, 0.25) is 0 Å². The Morgan fingerprint density at radius 2 is 2.11 bits per heavy atom. The van der Waals surface area contributed by atoms with Gasteiger partial charge in [0, 0.05) is 15.4 Å². The number of hydrogen-bond donors (Lipinski definition) is 2. The quantitative estimate of drug-likeness (QED) is 0.775. The summed E-state index contributed by atoms with van der Waals surface area (Å²) < 4.78 is 6.93. The van der Waals surface area contributed by atoms with Gasteiger partial charge in [-0.1, -0.05) is 22.9 Å². The van der Waals surface area contributed by atoms with Gasteiger partial charge in [0.2, 0.25) is 0 Å². The summed E-state index contributed by atoms with van der Waals surface area (Å²) in [6.45, 7) is 1.96. The van der Waals surface area contributed by atoms with E-state index >= 15 is 0 Å². The van der Waals surface area contributed by atoms with Crippen molar-refractivity contribution in [1.29, 1.82) is 0 Å². The lowest BCUT2D eigenvalue weighted by atomic mass is 10.2. The number of carbonyl (C=O) groups excluding carboxylic acids is 1. The van der Waals surface area contributed by atoms with Crippen molar-refractivity contribution in [3.63, 3.8) is 0 Å². The Balaban J connectivity index is 2.24. The van der Waals surface area contributed by atoms with Crippen molar-refractivity contribution >= 4 is 49.1 Å². The first-order valence-electron chi connectivity index (χ1n) is 5.66. The molecule has 0 aliphatic heterocycles. The van der Waals surface area contributed by atoms with Gasteiger partial charge in [-0.25, -0.2) is 0 Å². The minimum absolute atomic E-state index is 0.270. The van der Waals surface area contributed by atoms with Gasteiger partial charge >= 0.3 is 0 Å². The number of aryl methyl sites for hydroxylation is 1. The molecule has 3 N–H and O–H groups in total. The number of rotatable bonds is 3. The molecule has 0 spiro atoms. The lowest BCUT2D eigenvalue weighted by molar-refractivity contribution is 0.0995. The fraction of sp³-hybridized carbons (Fsp3) is 0.154. The Hall–Kier alpha value is -1.27. The Morgan fingerprint density at radius 1 is 1.37 bits per heavy atom. The van der Waals surface area contributed by atoms with Gasteiger partial charge in [-0.2, -0.15) is 0 Å². The summed E-state index contributed by atoms with van der Waals surface area (Å²) in [6, 6.07) is 6.97. The Kier molecular flexibility index (Phi) is 4.31. The average Bonchev–Trinajstić information content (AvgIpc) is 2.82. The van der Waals surface area contributed by atoms with Crippen LogP contribution in [0.25, 0.3) is 0 Å². The third kappa shape index (κ3) is 3.19. The lowest BCUT2D eigenvalue weighted by Gasteiger charge is -2.09. The molecular formula is C13H12Br2N2O2. The van der Waals surface area contributed by atoms with Crippen LogP contribution in [-0.4, -0.2) is 5.91 Å². The number of benzene rings is 1. The maximum absolute atomic E-state index is 12.0. The molecule has 2 rings (SSSR count). The van der Waals surface area contributed by atoms with Gasteiger partial charge in [0.25, 0.3) is 5.91 Å². The molecule has 4 nitrogen and oxygen atoms in total. The predicted octanol–water partition coefficient (Wildman–Crippen LogP) is 4.20. The normalized spacial score (nSPS) is 10.5.